The lowest BCUT2D eigenvalue weighted by Crippen LogP contribution is -2.09. The number of anilines is 1. The van der Waals surface area contributed by atoms with Gasteiger partial charge in [0.2, 0.25) is 5.95 Å². The van der Waals surface area contributed by atoms with Crippen LogP contribution in [0.25, 0.3) is 5.65 Å². The summed E-state index contributed by atoms with van der Waals surface area (Å²) >= 11 is 3.41. The fourth-order valence-electron chi connectivity index (χ4n) is 2.29. The van der Waals surface area contributed by atoms with E-state index in [0.717, 1.165) is 27.1 Å². The van der Waals surface area contributed by atoms with Crippen molar-refractivity contribution in [3.63, 3.8) is 0 Å². The summed E-state index contributed by atoms with van der Waals surface area (Å²) < 4.78 is 7.87. The van der Waals surface area contributed by atoms with Gasteiger partial charge in [0, 0.05) is 16.2 Å². The second-order valence-electron chi connectivity index (χ2n) is 4.69. The van der Waals surface area contributed by atoms with Gasteiger partial charge in [0.1, 0.15) is 5.76 Å². The predicted molar refractivity (Wildman–Crippen MR) is 78.7 cm³/mol. The van der Waals surface area contributed by atoms with Crippen molar-refractivity contribution >= 4 is 27.5 Å². The minimum Gasteiger partial charge on any atom is -0.361 e. The molecule has 6 nitrogen and oxygen atoms in total. The minimum absolute atomic E-state index is 0.0297. The van der Waals surface area contributed by atoms with Crippen molar-refractivity contribution in [3.8, 4) is 0 Å². The van der Waals surface area contributed by atoms with Crippen molar-refractivity contribution in [3.05, 3.63) is 39.8 Å². The van der Waals surface area contributed by atoms with Crippen molar-refractivity contribution in [1.82, 2.24) is 19.8 Å². The van der Waals surface area contributed by atoms with Crippen LogP contribution in [0.1, 0.15) is 30.0 Å². The van der Waals surface area contributed by atoms with Crippen molar-refractivity contribution in [2.45, 2.75) is 26.8 Å². The third kappa shape index (κ3) is 2.29. The Morgan fingerprint density at radius 3 is 2.85 bits per heavy atom. The second kappa shape index (κ2) is 4.90. The van der Waals surface area contributed by atoms with E-state index in [9.17, 15) is 0 Å². The fourth-order valence-corrected chi connectivity index (χ4v) is 2.62. The third-order valence-corrected chi connectivity index (χ3v) is 3.63. The van der Waals surface area contributed by atoms with Gasteiger partial charge in [-0.3, -0.25) is 0 Å². The topological polar surface area (TPSA) is 68.2 Å². The quantitative estimate of drug-likeness (QED) is 0.795. The molecule has 0 radical (unpaired) electrons. The Bertz CT molecular complexity index is 744. The number of aromatic nitrogens is 4. The van der Waals surface area contributed by atoms with Crippen LogP contribution in [0.5, 0.6) is 0 Å². The van der Waals surface area contributed by atoms with E-state index in [1.54, 1.807) is 4.52 Å². The van der Waals surface area contributed by atoms with Crippen LogP contribution in [0.3, 0.4) is 0 Å². The van der Waals surface area contributed by atoms with Crippen molar-refractivity contribution in [2.75, 3.05) is 5.32 Å². The third-order valence-electron chi connectivity index (χ3n) is 3.16. The van der Waals surface area contributed by atoms with Crippen LogP contribution in [0.2, 0.25) is 0 Å². The van der Waals surface area contributed by atoms with Gasteiger partial charge in [-0.25, -0.2) is 4.52 Å². The zero-order valence-corrected chi connectivity index (χ0v) is 13.0. The summed E-state index contributed by atoms with van der Waals surface area (Å²) in [5.74, 6) is 1.39. The first-order valence-corrected chi connectivity index (χ1v) is 7.05. The summed E-state index contributed by atoms with van der Waals surface area (Å²) in [4.78, 5) is 4.43. The summed E-state index contributed by atoms with van der Waals surface area (Å²) in [6, 6.07) is 3.87. The zero-order valence-electron chi connectivity index (χ0n) is 11.4. The Morgan fingerprint density at radius 2 is 2.15 bits per heavy atom. The number of rotatable bonds is 3. The van der Waals surface area contributed by atoms with E-state index >= 15 is 0 Å². The molecule has 3 aromatic heterocycles. The van der Waals surface area contributed by atoms with Gasteiger partial charge in [0.15, 0.2) is 5.65 Å². The van der Waals surface area contributed by atoms with Crippen molar-refractivity contribution < 1.29 is 4.52 Å². The molecule has 0 aliphatic carbocycles. The number of hydrogen-bond donors (Lipinski definition) is 1. The molecule has 1 unspecified atom stereocenters. The average molecular weight is 336 g/mol. The van der Waals surface area contributed by atoms with E-state index in [1.165, 1.54) is 0 Å². The van der Waals surface area contributed by atoms with Gasteiger partial charge in [0.25, 0.3) is 0 Å². The van der Waals surface area contributed by atoms with Crippen molar-refractivity contribution in [1.29, 1.82) is 0 Å². The molecule has 0 fully saturated rings. The maximum absolute atomic E-state index is 5.19. The number of aryl methyl sites for hydroxylation is 2. The predicted octanol–water partition coefficient (Wildman–Crippen LogP) is 3.27. The van der Waals surface area contributed by atoms with Crippen LogP contribution < -0.4 is 5.32 Å². The van der Waals surface area contributed by atoms with Gasteiger partial charge in [-0.2, -0.15) is 4.98 Å². The largest absolute Gasteiger partial charge is 0.361 e. The molecule has 0 saturated carbocycles. The maximum atomic E-state index is 5.19. The lowest BCUT2D eigenvalue weighted by molar-refractivity contribution is 0.392. The van der Waals surface area contributed by atoms with E-state index in [2.05, 4.69) is 36.5 Å². The number of fused-ring (bicyclic) bond motifs is 1. The van der Waals surface area contributed by atoms with E-state index in [-0.39, 0.29) is 6.04 Å². The van der Waals surface area contributed by atoms with Crippen LogP contribution in [-0.4, -0.2) is 19.8 Å². The summed E-state index contributed by atoms with van der Waals surface area (Å²) in [6.07, 6.45) is 1.87. The first-order valence-electron chi connectivity index (χ1n) is 6.26. The van der Waals surface area contributed by atoms with Crippen LogP contribution in [0, 0.1) is 13.8 Å². The first kappa shape index (κ1) is 13.1. The molecule has 7 heteroatoms. The van der Waals surface area contributed by atoms with Gasteiger partial charge >= 0.3 is 0 Å². The van der Waals surface area contributed by atoms with Gasteiger partial charge in [-0.05, 0) is 48.8 Å². The smallest absolute Gasteiger partial charge is 0.243 e. The molecule has 3 rings (SSSR count). The monoisotopic (exact) mass is 335 g/mol. The first-order chi connectivity index (χ1) is 9.54. The Morgan fingerprint density at radius 1 is 1.35 bits per heavy atom. The minimum atomic E-state index is 0.0297. The fraction of sp³-hybridized carbons (Fsp3) is 0.308. The van der Waals surface area contributed by atoms with Crippen LogP contribution in [0.4, 0.5) is 5.95 Å². The molecule has 0 saturated heterocycles. The van der Waals surface area contributed by atoms with E-state index in [0.29, 0.717) is 5.95 Å². The summed E-state index contributed by atoms with van der Waals surface area (Å²) in [5, 5.41) is 11.6. The molecule has 3 aromatic rings. The van der Waals surface area contributed by atoms with E-state index in [4.69, 9.17) is 4.52 Å². The van der Waals surface area contributed by atoms with E-state index < -0.39 is 0 Å². The van der Waals surface area contributed by atoms with Gasteiger partial charge < -0.3 is 9.84 Å². The highest BCUT2D eigenvalue weighted by molar-refractivity contribution is 9.10. The molecule has 104 valence electrons. The molecule has 0 aliphatic heterocycles. The molecule has 20 heavy (non-hydrogen) atoms. The number of pyridine rings is 1. The molecular formula is C13H14BrN5O. The summed E-state index contributed by atoms with van der Waals surface area (Å²) in [6.45, 7) is 5.87. The molecule has 1 N–H and O–H groups in total. The van der Waals surface area contributed by atoms with Gasteiger partial charge in [-0.15, -0.1) is 5.10 Å². The van der Waals surface area contributed by atoms with E-state index in [1.807, 2.05) is 39.1 Å². The average Bonchev–Trinajstić information content (AvgIpc) is 2.92. The SMILES string of the molecule is Cc1noc(C)c1C(C)Nc1nc2ccc(Br)cn2n1. The zero-order chi connectivity index (χ0) is 14.3. The molecule has 0 bridgehead atoms. The number of hydrogen-bond acceptors (Lipinski definition) is 5. The Hall–Kier alpha value is -1.89. The van der Waals surface area contributed by atoms with Gasteiger partial charge in [0.05, 0.1) is 11.7 Å². The second-order valence-corrected chi connectivity index (χ2v) is 5.61. The highest BCUT2D eigenvalue weighted by Crippen LogP contribution is 2.24. The van der Waals surface area contributed by atoms with Gasteiger partial charge in [-0.1, -0.05) is 5.16 Å². The molecule has 0 spiro atoms. The molecule has 1 atom stereocenters. The molecular weight excluding hydrogens is 322 g/mol. The standard InChI is InChI=1S/C13H14BrN5O/c1-7(12-8(2)18-20-9(12)3)15-13-16-11-5-4-10(14)6-19(11)17-13/h4-7H,1-3H3,(H,15,17). The lowest BCUT2D eigenvalue weighted by atomic mass is 10.1. The summed E-state index contributed by atoms with van der Waals surface area (Å²) in [7, 11) is 0. The van der Waals surface area contributed by atoms with Crippen LogP contribution in [-0.2, 0) is 0 Å². The molecule has 0 amide bonds. The molecule has 0 aliphatic rings. The Kier molecular flexibility index (Phi) is 3.21. The normalized spacial score (nSPS) is 12.8. The Labute approximate surface area is 124 Å². The highest BCUT2D eigenvalue weighted by atomic mass is 79.9. The summed E-state index contributed by atoms with van der Waals surface area (Å²) in [5.41, 5.74) is 2.72. The van der Waals surface area contributed by atoms with Crippen LogP contribution >= 0.6 is 15.9 Å². The lowest BCUT2D eigenvalue weighted by Gasteiger charge is -2.11. The number of halogens is 1. The van der Waals surface area contributed by atoms with Crippen LogP contribution in [0.15, 0.2) is 27.3 Å². The van der Waals surface area contributed by atoms with Crippen molar-refractivity contribution in [2.24, 2.45) is 0 Å². The highest BCUT2D eigenvalue weighted by Gasteiger charge is 2.17. The molecule has 0 aromatic carbocycles. The molecule has 3 heterocycles. The maximum Gasteiger partial charge on any atom is 0.243 e. The number of nitrogens with zero attached hydrogens (tertiary/aromatic N) is 4. The Balaban J connectivity index is 1.89. The number of nitrogens with one attached hydrogen (secondary N) is 1.